The van der Waals surface area contributed by atoms with Crippen LogP contribution >= 0.6 is 0 Å². The number of nitrogens with zero attached hydrogens (tertiary/aromatic N) is 1. The topological polar surface area (TPSA) is 49.4 Å². The van der Waals surface area contributed by atoms with E-state index >= 15 is 0 Å². The smallest absolute Gasteiger partial charge is 0.151 e. The summed E-state index contributed by atoms with van der Waals surface area (Å²) in [5, 5.41) is 3.39. The molecule has 1 N–H and O–H groups in total. The fraction of sp³-hybridized carbons (Fsp3) is 1.00. The van der Waals surface area contributed by atoms with Gasteiger partial charge >= 0.3 is 0 Å². The van der Waals surface area contributed by atoms with Crippen LogP contribution in [0, 0.1) is 0 Å². The molecule has 0 aromatic rings. The summed E-state index contributed by atoms with van der Waals surface area (Å²) in [6.07, 6.45) is 2.88. The Balaban J connectivity index is 2.37. The van der Waals surface area contributed by atoms with Crippen LogP contribution in [0.25, 0.3) is 0 Å². The first kappa shape index (κ1) is 13.9. The molecule has 0 radical (unpaired) electrons. The van der Waals surface area contributed by atoms with E-state index in [4.69, 9.17) is 0 Å². The van der Waals surface area contributed by atoms with Gasteiger partial charge < -0.3 is 10.2 Å². The third-order valence-corrected chi connectivity index (χ3v) is 5.13. The van der Waals surface area contributed by atoms with Crippen molar-refractivity contribution in [2.75, 3.05) is 32.1 Å². The minimum atomic E-state index is -2.78. The van der Waals surface area contributed by atoms with Gasteiger partial charge in [0.05, 0.1) is 11.5 Å². The number of sulfone groups is 1. The molecule has 1 aliphatic heterocycles. The summed E-state index contributed by atoms with van der Waals surface area (Å²) in [6, 6.07) is 0.650. The minimum absolute atomic E-state index is 0.160. The molecule has 2 unspecified atom stereocenters. The monoisotopic (exact) mass is 248 g/mol. The summed E-state index contributed by atoms with van der Waals surface area (Å²) in [5.74, 6) is 0.687. The summed E-state index contributed by atoms with van der Waals surface area (Å²) >= 11 is 0. The first-order valence-corrected chi connectivity index (χ1v) is 7.87. The molecule has 1 aliphatic rings. The average molecular weight is 248 g/mol. The summed E-state index contributed by atoms with van der Waals surface area (Å²) in [7, 11) is 1.34. The second kappa shape index (κ2) is 5.98. The molecular formula is C11H24N2O2S. The SMILES string of the molecule is CCC(CNC1CCCS(=O)(=O)C1)N(C)C. The van der Waals surface area contributed by atoms with Crippen molar-refractivity contribution in [3.63, 3.8) is 0 Å². The predicted octanol–water partition coefficient (Wildman–Crippen LogP) is 0.493. The maximum atomic E-state index is 11.5. The lowest BCUT2D eigenvalue weighted by Gasteiger charge is -2.28. The van der Waals surface area contributed by atoms with Gasteiger partial charge in [-0.05, 0) is 33.4 Å². The van der Waals surface area contributed by atoms with Gasteiger partial charge in [0.1, 0.15) is 0 Å². The zero-order valence-corrected chi connectivity index (χ0v) is 11.4. The Morgan fingerprint density at radius 1 is 1.44 bits per heavy atom. The summed E-state index contributed by atoms with van der Waals surface area (Å²) in [5.41, 5.74) is 0. The molecule has 0 aromatic carbocycles. The van der Waals surface area contributed by atoms with Crippen LogP contribution in [0.1, 0.15) is 26.2 Å². The molecule has 4 nitrogen and oxygen atoms in total. The second-order valence-electron chi connectivity index (χ2n) is 4.89. The fourth-order valence-electron chi connectivity index (χ4n) is 2.18. The Bertz CT molecular complexity index is 301. The molecule has 0 spiro atoms. The molecule has 0 bridgehead atoms. The fourth-order valence-corrected chi connectivity index (χ4v) is 3.85. The lowest BCUT2D eigenvalue weighted by Crippen LogP contribution is -2.46. The highest BCUT2D eigenvalue weighted by Crippen LogP contribution is 2.12. The van der Waals surface area contributed by atoms with Crippen molar-refractivity contribution in [3.8, 4) is 0 Å². The number of nitrogens with one attached hydrogen (secondary N) is 1. The molecule has 16 heavy (non-hydrogen) atoms. The van der Waals surface area contributed by atoms with Crippen molar-refractivity contribution in [1.29, 1.82) is 0 Å². The lowest BCUT2D eigenvalue weighted by molar-refractivity contribution is 0.267. The first-order valence-electron chi connectivity index (χ1n) is 6.05. The maximum Gasteiger partial charge on any atom is 0.151 e. The van der Waals surface area contributed by atoms with E-state index in [1.165, 1.54) is 0 Å². The van der Waals surface area contributed by atoms with E-state index in [-0.39, 0.29) is 6.04 Å². The van der Waals surface area contributed by atoms with Gasteiger partial charge in [-0.25, -0.2) is 8.42 Å². The van der Waals surface area contributed by atoms with Gasteiger partial charge in [-0.2, -0.15) is 0 Å². The highest BCUT2D eigenvalue weighted by atomic mass is 32.2. The highest BCUT2D eigenvalue weighted by Gasteiger charge is 2.24. The molecule has 1 heterocycles. The number of likely N-dealkylation sites (N-methyl/N-ethyl adjacent to an activating group) is 1. The van der Waals surface area contributed by atoms with Crippen LogP contribution in [0.15, 0.2) is 0 Å². The van der Waals surface area contributed by atoms with Gasteiger partial charge in [0, 0.05) is 18.6 Å². The Morgan fingerprint density at radius 2 is 2.12 bits per heavy atom. The average Bonchev–Trinajstić information content (AvgIpc) is 2.16. The van der Waals surface area contributed by atoms with Gasteiger partial charge in [-0.15, -0.1) is 0 Å². The van der Waals surface area contributed by atoms with E-state index < -0.39 is 9.84 Å². The van der Waals surface area contributed by atoms with E-state index in [9.17, 15) is 8.42 Å². The van der Waals surface area contributed by atoms with Gasteiger partial charge in [-0.1, -0.05) is 6.92 Å². The van der Waals surface area contributed by atoms with Crippen LogP contribution in [-0.4, -0.2) is 57.5 Å². The Kier molecular flexibility index (Phi) is 5.21. The van der Waals surface area contributed by atoms with Gasteiger partial charge in [0.2, 0.25) is 0 Å². The van der Waals surface area contributed by atoms with Crippen molar-refractivity contribution in [3.05, 3.63) is 0 Å². The van der Waals surface area contributed by atoms with Crippen molar-refractivity contribution < 1.29 is 8.42 Å². The van der Waals surface area contributed by atoms with Crippen molar-refractivity contribution in [2.24, 2.45) is 0 Å². The molecule has 0 aliphatic carbocycles. The molecule has 0 saturated carbocycles. The number of hydrogen-bond acceptors (Lipinski definition) is 4. The normalized spacial score (nSPS) is 26.9. The Labute approximate surface area is 99.3 Å². The van der Waals surface area contributed by atoms with Crippen molar-refractivity contribution >= 4 is 9.84 Å². The highest BCUT2D eigenvalue weighted by molar-refractivity contribution is 7.91. The van der Waals surface area contributed by atoms with E-state index in [2.05, 4.69) is 31.2 Å². The molecule has 96 valence electrons. The summed E-state index contributed by atoms with van der Waals surface area (Å²) in [4.78, 5) is 2.18. The summed E-state index contributed by atoms with van der Waals surface area (Å²) in [6.45, 7) is 3.04. The van der Waals surface area contributed by atoms with Crippen LogP contribution in [0.3, 0.4) is 0 Å². The van der Waals surface area contributed by atoms with Crippen LogP contribution < -0.4 is 5.32 Å². The standard InChI is InChI=1S/C11H24N2O2S/c1-4-11(13(2)3)8-12-10-6-5-7-16(14,15)9-10/h10-12H,4-9H2,1-3H3. The third-order valence-electron chi connectivity index (χ3n) is 3.31. The first-order chi connectivity index (χ1) is 7.44. The Hall–Kier alpha value is -0.130. The van der Waals surface area contributed by atoms with E-state index in [1.54, 1.807) is 0 Å². The molecule has 1 rings (SSSR count). The zero-order valence-electron chi connectivity index (χ0n) is 10.6. The van der Waals surface area contributed by atoms with Gasteiger partial charge in [0.25, 0.3) is 0 Å². The van der Waals surface area contributed by atoms with Crippen LogP contribution in [-0.2, 0) is 9.84 Å². The molecular weight excluding hydrogens is 224 g/mol. The molecule has 1 saturated heterocycles. The largest absolute Gasteiger partial charge is 0.311 e. The molecule has 0 aromatic heterocycles. The second-order valence-corrected chi connectivity index (χ2v) is 7.12. The third kappa shape index (κ3) is 4.39. The molecule has 1 fully saturated rings. The van der Waals surface area contributed by atoms with E-state index in [0.29, 0.717) is 17.5 Å². The van der Waals surface area contributed by atoms with Crippen molar-refractivity contribution in [1.82, 2.24) is 10.2 Å². The lowest BCUT2D eigenvalue weighted by atomic mass is 10.1. The quantitative estimate of drug-likeness (QED) is 0.769. The Morgan fingerprint density at radius 3 is 2.62 bits per heavy atom. The van der Waals surface area contributed by atoms with E-state index in [0.717, 1.165) is 25.8 Å². The summed E-state index contributed by atoms with van der Waals surface area (Å²) < 4.78 is 22.9. The number of hydrogen-bond donors (Lipinski definition) is 1. The van der Waals surface area contributed by atoms with Crippen LogP contribution in [0.5, 0.6) is 0 Å². The molecule has 2 atom stereocenters. The molecule has 0 amide bonds. The molecule has 5 heteroatoms. The minimum Gasteiger partial charge on any atom is -0.311 e. The predicted molar refractivity (Wildman–Crippen MR) is 67.4 cm³/mol. The van der Waals surface area contributed by atoms with E-state index in [1.807, 2.05) is 0 Å². The van der Waals surface area contributed by atoms with Crippen LogP contribution in [0.2, 0.25) is 0 Å². The maximum absolute atomic E-state index is 11.5. The number of rotatable bonds is 5. The van der Waals surface area contributed by atoms with Crippen molar-refractivity contribution in [2.45, 2.75) is 38.3 Å². The van der Waals surface area contributed by atoms with Crippen LogP contribution in [0.4, 0.5) is 0 Å². The van der Waals surface area contributed by atoms with Gasteiger partial charge in [0.15, 0.2) is 9.84 Å². The zero-order chi connectivity index (χ0) is 12.2. The van der Waals surface area contributed by atoms with Gasteiger partial charge in [-0.3, -0.25) is 0 Å².